The standard InChI is InChI=1S/C15H15O10P/c1-4-10(16)7-13(19)23-26(22,24-14(20)8-11(17)5-2)25-15(21)9-12(18)6-3/h4-6H,1-3,7-9H2. The van der Waals surface area contributed by atoms with Gasteiger partial charge in [0.2, 0.25) is 0 Å². The topological polar surface area (TPSA) is 147 Å². The van der Waals surface area contributed by atoms with E-state index >= 15 is 0 Å². The monoisotopic (exact) mass is 386 g/mol. The molecule has 0 aromatic heterocycles. The Labute approximate surface area is 148 Å². The third-order valence-corrected chi connectivity index (χ3v) is 3.56. The number of rotatable bonds is 12. The SMILES string of the molecule is C=CC(=O)CC(=O)OP(=O)(OC(=O)CC(=O)C=C)OC(=O)CC(=O)C=C. The second-order valence-corrected chi connectivity index (χ2v) is 5.82. The Kier molecular flexibility index (Phi) is 9.39. The van der Waals surface area contributed by atoms with E-state index in [0.717, 1.165) is 18.2 Å². The third kappa shape index (κ3) is 9.24. The van der Waals surface area contributed by atoms with Crippen LogP contribution in [-0.4, -0.2) is 35.3 Å². The highest BCUT2D eigenvalue weighted by Gasteiger charge is 2.40. The molecule has 0 amide bonds. The van der Waals surface area contributed by atoms with Crippen LogP contribution in [0.1, 0.15) is 19.3 Å². The van der Waals surface area contributed by atoms with Gasteiger partial charge in [0.15, 0.2) is 17.3 Å². The van der Waals surface area contributed by atoms with Crippen molar-refractivity contribution in [3.05, 3.63) is 38.0 Å². The van der Waals surface area contributed by atoms with Gasteiger partial charge in [-0.2, -0.15) is 4.57 Å². The maximum absolute atomic E-state index is 12.3. The van der Waals surface area contributed by atoms with Gasteiger partial charge in [0.25, 0.3) is 0 Å². The van der Waals surface area contributed by atoms with Crippen molar-refractivity contribution in [3.63, 3.8) is 0 Å². The molecule has 0 N–H and O–H groups in total. The van der Waals surface area contributed by atoms with Crippen molar-refractivity contribution >= 4 is 43.1 Å². The minimum absolute atomic E-state index is 0.774. The molecule has 0 heterocycles. The molecule has 0 aromatic rings. The summed E-state index contributed by atoms with van der Waals surface area (Å²) in [5.74, 6) is -6.81. The van der Waals surface area contributed by atoms with Crippen molar-refractivity contribution in [2.24, 2.45) is 0 Å². The van der Waals surface area contributed by atoms with E-state index in [1.807, 2.05) is 0 Å². The summed E-state index contributed by atoms with van der Waals surface area (Å²) >= 11 is 0. The highest BCUT2D eigenvalue weighted by molar-refractivity contribution is 7.50. The summed E-state index contributed by atoms with van der Waals surface area (Å²) in [6.07, 6.45) is -0.472. The van der Waals surface area contributed by atoms with E-state index in [9.17, 15) is 33.3 Å². The molecular weight excluding hydrogens is 371 g/mol. The first-order valence-corrected chi connectivity index (χ1v) is 8.24. The van der Waals surface area contributed by atoms with Gasteiger partial charge in [0, 0.05) is 0 Å². The Bertz CT molecular complexity index is 623. The maximum atomic E-state index is 12.3. The summed E-state index contributed by atoms with van der Waals surface area (Å²) < 4.78 is 25.1. The summed E-state index contributed by atoms with van der Waals surface area (Å²) in [4.78, 5) is 67.9. The lowest BCUT2D eigenvalue weighted by atomic mass is 10.3. The average molecular weight is 386 g/mol. The first-order chi connectivity index (χ1) is 12.0. The molecule has 0 aromatic carbocycles. The zero-order chi connectivity index (χ0) is 20.3. The van der Waals surface area contributed by atoms with E-state index in [2.05, 4.69) is 33.3 Å². The van der Waals surface area contributed by atoms with Crippen LogP contribution in [0.5, 0.6) is 0 Å². The number of carbonyl (C=O) groups excluding carboxylic acids is 6. The molecule has 0 radical (unpaired) electrons. The lowest BCUT2D eigenvalue weighted by molar-refractivity contribution is -0.145. The molecule has 0 rings (SSSR count). The van der Waals surface area contributed by atoms with E-state index in [1.54, 1.807) is 0 Å². The minimum Gasteiger partial charge on any atom is -0.351 e. The molecule has 0 spiro atoms. The van der Waals surface area contributed by atoms with Gasteiger partial charge in [-0.1, -0.05) is 19.7 Å². The van der Waals surface area contributed by atoms with Gasteiger partial charge >= 0.3 is 25.7 Å². The predicted molar refractivity (Wildman–Crippen MR) is 85.3 cm³/mol. The third-order valence-electron chi connectivity index (χ3n) is 2.28. The molecule has 10 nitrogen and oxygen atoms in total. The molecule has 0 unspecified atom stereocenters. The van der Waals surface area contributed by atoms with Crippen LogP contribution in [-0.2, 0) is 46.9 Å². The lowest BCUT2D eigenvalue weighted by Crippen LogP contribution is -2.17. The Balaban J connectivity index is 5.28. The zero-order valence-electron chi connectivity index (χ0n) is 13.5. The molecule has 0 fully saturated rings. The van der Waals surface area contributed by atoms with Gasteiger partial charge < -0.3 is 13.6 Å². The molecule has 26 heavy (non-hydrogen) atoms. The van der Waals surface area contributed by atoms with Gasteiger partial charge in [-0.05, 0) is 18.2 Å². The summed E-state index contributed by atoms with van der Waals surface area (Å²) in [7, 11) is -5.20. The maximum Gasteiger partial charge on any atom is 0.653 e. The first-order valence-electron chi connectivity index (χ1n) is 6.78. The normalized spacial score (nSPS) is 10.0. The van der Waals surface area contributed by atoms with Crippen LogP contribution in [0.2, 0.25) is 0 Å². The van der Waals surface area contributed by atoms with Crippen LogP contribution in [0.25, 0.3) is 0 Å². The fourth-order valence-corrected chi connectivity index (χ4v) is 2.22. The summed E-state index contributed by atoms with van der Waals surface area (Å²) in [5.41, 5.74) is 0. The Morgan fingerprint density at radius 2 is 0.846 bits per heavy atom. The van der Waals surface area contributed by atoms with E-state index in [0.29, 0.717) is 0 Å². The molecule has 0 aliphatic rings. The minimum atomic E-state index is -5.20. The summed E-state index contributed by atoms with van der Waals surface area (Å²) in [5, 5.41) is 0. The molecule has 140 valence electrons. The van der Waals surface area contributed by atoms with Crippen molar-refractivity contribution in [3.8, 4) is 0 Å². The van der Waals surface area contributed by atoms with Gasteiger partial charge in [-0.25, -0.2) is 0 Å². The van der Waals surface area contributed by atoms with Crippen LogP contribution < -0.4 is 0 Å². The molecular formula is C15H15O10P. The smallest absolute Gasteiger partial charge is 0.351 e. The molecule has 11 heteroatoms. The molecule has 0 aliphatic carbocycles. The van der Waals surface area contributed by atoms with Crippen molar-refractivity contribution in [2.45, 2.75) is 19.3 Å². The zero-order valence-corrected chi connectivity index (χ0v) is 14.4. The van der Waals surface area contributed by atoms with Gasteiger partial charge in [0.1, 0.15) is 19.3 Å². The molecule has 0 saturated carbocycles. The van der Waals surface area contributed by atoms with E-state index in [1.165, 1.54) is 0 Å². The van der Waals surface area contributed by atoms with E-state index < -0.39 is 62.3 Å². The Morgan fingerprint density at radius 1 is 0.615 bits per heavy atom. The fraction of sp³-hybridized carbons (Fsp3) is 0.200. The van der Waals surface area contributed by atoms with Crippen LogP contribution >= 0.6 is 7.82 Å². The van der Waals surface area contributed by atoms with Crippen LogP contribution in [0.3, 0.4) is 0 Å². The number of carbonyl (C=O) groups is 6. The first kappa shape index (κ1) is 22.9. The largest absolute Gasteiger partial charge is 0.653 e. The van der Waals surface area contributed by atoms with Crippen molar-refractivity contribution < 1.29 is 46.9 Å². The quantitative estimate of drug-likeness (QED) is 0.272. The molecule has 0 bridgehead atoms. The lowest BCUT2D eigenvalue weighted by Gasteiger charge is -2.15. The number of hydrogen-bond acceptors (Lipinski definition) is 10. The average Bonchev–Trinajstić information content (AvgIpc) is 2.52. The summed E-state index contributed by atoms with van der Waals surface area (Å²) in [6.45, 7) is 9.30. The van der Waals surface area contributed by atoms with E-state index in [-0.39, 0.29) is 0 Å². The molecule has 0 atom stereocenters. The number of phosphoric acid groups is 1. The highest BCUT2D eigenvalue weighted by Crippen LogP contribution is 2.50. The fourth-order valence-electron chi connectivity index (χ4n) is 1.17. The van der Waals surface area contributed by atoms with Crippen molar-refractivity contribution in [1.29, 1.82) is 0 Å². The number of allylic oxidation sites excluding steroid dienone is 3. The van der Waals surface area contributed by atoms with Crippen molar-refractivity contribution in [1.82, 2.24) is 0 Å². The van der Waals surface area contributed by atoms with Crippen LogP contribution in [0.4, 0.5) is 0 Å². The summed E-state index contributed by atoms with van der Waals surface area (Å²) in [6, 6.07) is 0. The highest BCUT2D eigenvalue weighted by atomic mass is 31.2. The van der Waals surface area contributed by atoms with E-state index in [4.69, 9.17) is 0 Å². The molecule has 0 saturated heterocycles. The second kappa shape index (κ2) is 10.7. The number of hydrogen-bond donors (Lipinski definition) is 0. The van der Waals surface area contributed by atoms with Gasteiger partial charge in [-0.3, -0.25) is 28.8 Å². The Morgan fingerprint density at radius 3 is 1.04 bits per heavy atom. The van der Waals surface area contributed by atoms with Crippen molar-refractivity contribution in [2.75, 3.05) is 0 Å². The predicted octanol–water partition coefficient (Wildman–Crippen LogP) is 1.16. The van der Waals surface area contributed by atoms with Crippen LogP contribution in [0.15, 0.2) is 38.0 Å². The van der Waals surface area contributed by atoms with Gasteiger partial charge in [-0.15, -0.1) is 0 Å². The van der Waals surface area contributed by atoms with Crippen LogP contribution in [0, 0.1) is 0 Å². The number of ketones is 3. The number of phosphoric ester groups is 1. The molecule has 0 aliphatic heterocycles. The van der Waals surface area contributed by atoms with Gasteiger partial charge in [0.05, 0.1) is 0 Å². The Hall–Kier alpha value is -3.13. The second-order valence-electron chi connectivity index (χ2n) is 4.38.